The Morgan fingerprint density at radius 2 is 2.08 bits per heavy atom. The van der Waals surface area contributed by atoms with Crippen LogP contribution in [0.1, 0.15) is 20.8 Å². The molecular formula is C9H20FNO. The topological polar surface area (TPSA) is 12.5 Å². The molecule has 0 saturated carbocycles. The molecule has 0 radical (unpaired) electrons. The highest BCUT2D eigenvalue weighted by atomic mass is 19.1. The number of alkyl halides is 1. The van der Waals surface area contributed by atoms with Crippen LogP contribution in [0.3, 0.4) is 0 Å². The van der Waals surface area contributed by atoms with E-state index in [1.807, 2.05) is 20.8 Å². The maximum absolute atomic E-state index is 12.0. The zero-order chi connectivity index (χ0) is 9.40. The van der Waals surface area contributed by atoms with Crippen molar-refractivity contribution in [1.29, 1.82) is 0 Å². The van der Waals surface area contributed by atoms with Crippen LogP contribution < -0.4 is 0 Å². The van der Waals surface area contributed by atoms with Crippen LogP contribution in [0.25, 0.3) is 0 Å². The maximum atomic E-state index is 12.0. The lowest BCUT2D eigenvalue weighted by atomic mass is 10.3. The molecule has 0 aliphatic heterocycles. The second kappa shape index (κ2) is 7.50. The molecule has 0 spiro atoms. The fourth-order valence-electron chi connectivity index (χ4n) is 1.20. The zero-order valence-corrected chi connectivity index (χ0v) is 8.35. The lowest BCUT2D eigenvalue weighted by molar-refractivity contribution is 0.0456. The second-order valence-electron chi connectivity index (χ2n) is 2.85. The predicted molar refractivity (Wildman–Crippen MR) is 49.2 cm³/mol. The van der Waals surface area contributed by atoms with Crippen molar-refractivity contribution in [3.63, 3.8) is 0 Å². The van der Waals surface area contributed by atoms with Crippen LogP contribution in [0.5, 0.6) is 0 Å². The van der Waals surface area contributed by atoms with Crippen LogP contribution in [0.2, 0.25) is 0 Å². The molecule has 0 saturated heterocycles. The summed E-state index contributed by atoms with van der Waals surface area (Å²) < 4.78 is 17.3. The number of halogens is 1. The molecule has 74 valence electrons. The summed E-state index contributed by atoms with van der Waals surface area (Å²) in [6.45, 7) is 8.73. The standard InChI is InChI=1S/C9H20FNO/c1-4-11(7-6-10)8-9(3)12-5-2/h9H,4-8H2,1-3H3/t9-/m0/s1. The lowest BCUT2D eigenvalue weighted by Gasteiger charge is -2.22. The number of likely N-dealkylation sites (N-methyl/N-ethyl adjacent to an activating group) is 1. The molecule has 0 aromatic heterocycles. The molecule has 0 bridgehead atoms. The van der Waals surface area contributed by atoms with Crippen molar-refractivity contribution < 1.29 is 9.13 Å². The van der Waals surface area contributed by atoms with Crippen molar-refractivity contribution >= 4 is 0 Å². The van der Waals surface area contributed by atoms with Crippen molar-refractivity contribution in [2.24, 2.45) is 0 Å². The molecule has 0 rings (SSSR count). The molecule has 0 amide bonds. The smallest absolute Gasteiger partial charge is 0.102 e. The number of hydrogen-bond donors (Lipinski definition) is 0. The van der Waals surface area contributed by atoms with E-state index in [1.165, 1.54) is 0 Å². The normalized spacial score (nSPS) is 13.8. The minimum atomic E-state index is -0.271. The first-order valence-electron chi connectivity index (χ1n) is 4.64. The first-order chi connectivity index (χ1) is 5.74. The van der Waals surface area contributed by atoms with Crippen molar-refractivity contribution in [2.75, 3.05) is 32.9 Å². The molecule has 12 heavy (non-hydrogen) atoms. The third kappa shape index (κ3) is 5.49. The zero-order valence-electron chi connectivity index (χ0n) is 8.35. The highest BCUT2D eigenvalue weighted by Gasteiger charge is 2.07. The number of rotatable bonds is 7. The van der Waals surface area contributed by atoms with Gasteiger partial charge in [-0.3, -0.25) is 4.90 Å². The highest BCUT2D eigenvalue weighted by Crippen LogP contribution is 1.96. The van der Waals surface area contributed by atoms with Gasteiger partial charge in [0.15, 0.2) is 0 Å². The molecule has 0 N–H and O–H groups in total. The van der Waals surface area contributed by atoms with Crippen molar-refractivity contribution in [3.05, 3.63) is 0 Å². The van der Waals surface area contributed by atoms with E-state index in [-0.39, 0.29) is 12.8 Å². The summed E-state index contributed by atoms with van der Waals surface area (Å²) >= 11 is 0. The van der Waals surface area contributed by atoms with Crippen LogP contribution in [0.15, 0.2) is 0 Å². The minimum absolute atomic E-state index is 0.210. The van der Waals surface area contributed by atoms with Crippen LogP contribution >= 0.6 is 0 Å². The van der Waals surface area contributed by atoms with Gasteiger partial charge in [-0.05, 0) is 20.4 Å². The van der Waals surface area contributed by atoms with Crippen LogP contribution in [-0.2, 0) is 4.74 Å². The average molecular weight is 177 g/mol. The van der Waals surface area contributed by atoms with Gasteiger partial charge in [-0.15, -0.1) is 0 Å². The summed E-state index contributed by atoms with van der Waals surface area (Å²) in [5, 5.41) is 0. The summed E-state index contributed by atoms with van der Waals surface area (Å²) in [6.07, 6.45) is 0.210. The van der Waals surface area contributed by atoms with E-state index >= 15 is 0 Å². The van der Waals surface area contributed by atoms with Gasteiger partial charge >= 0.3 is 0 Å². The van der Waals surface area contributed by atoms with E-state index in [4.69, 9.17) is 4.74 Å². The molecule has 0 heterocycles. The van der Waals surface area contributed by atoms with Gasteiger partial charge in [0, 0.05) is 19.7 Å². The predicted octanol–water partition coefficient (Wildman–Crippen LogP) is 1.70. The van der Waals surface area contributed by atoms with E-state index in [2.05, 4.69) is 4.90 Å². The van der Waals surface area contributed by atoms with Gasteiger partial charge in [-0.1, -0.05) is 6.92 Å². The van der Waals surface area contributed by atoms with Crippen molar-refractivity contribution in [2.45, 2.75) is 26.9 Å². The molecule has 0 unspecified atom stereocenters. The molecule has 0 fully saturated rings. The molecule has 2 nitrogen and oxygen atoms in total. The Balaban J connectivity index is 3.53. The monoisotopic (exact) mass is 177 g/mol. The Labute approximate surface area is 74.7 Å². The van der Waals surface area contributed by atoms with Gasteiger partial charge in [0.2, 0.25) is 0 Å². The highest BCUT2D eigenvalue weighted by molar-refractivity contribution is 4.59. The quantitative estimate of drug-likeness (QED) is 0.587. The molecule has 1 atom stereocenters. The van der Waals surface area contributed by atoms with Gasteiger partial charge in [-0.25, -0.2) is 4.39 Å². The number of nitrogens with zero attached hydrogens (tertiary/aromatic N) is 1. The summed E-state index contributed by atoms with van der Waals surface area (Å²) in [4.78, 5) is 2.06. The molecule has 0 aromatic carbocycles. The summed E-state index contributed by atoms with van der Waals surface area (Å²) in [7, 11) is 0. The fraction of sp³-hybridized carbons (Fsp3) is 1.00. The Morgan fingerprint density at radius 3 is 2.50 bits per heavy atom. The van der Waals surface area contributed by atoms with Gasteiger partial charge in [0.25, 0.3) is 0 Å². The van der Waals surface area contributed by atoms with Gasteiger partial charge in [0.1, 0.15) is 6.67 Å². The summed E-state index contributed by atoms with van der Waals surface area (Å²) in [5.74, 6) is 0. The molecule has 0 aliphatic carbocycles. The third-order valence-corrected chi connectivity index (χ3v) is 1.81. The Morgan fingerprint density at radius 1 is 1.42 bits per heavy atom. The van der Waals surface area contributed by atoms with E-state index in [0.717, 1.165) is 19.7 Å². The SMILES string of the molecule is CCO[C@@H](C)CN(CC)CCF. The molecule has 3 heteroatoms. The Bertz CT molecular complexity index is 101. The lowest BCUT2D eigenvalue weighted by Crippen LogP contribution is -2.33. The van der Waals surface area contributed by atoms with Gasteiger partial charge in [-0.2, -0.15) is 0 Å². The Hall–Kier alpha value is -0.150. The maximum Gasteiger partial charge on any atom is 0.102 e. The first kappa shape index (κ1) is 11.8. The molecule has 0 aromatic rings. The first-order valence-corrected chi connectivity index (χ1v) is 4.64. The van der Waals surface area contributed by atoms with Crippen LogP contribution in [-0.4, -0.2) is 43.9 Å². The fourth-order valence-corrected chi connectivity index (χ4v) is 1.20. The third-order valence-electron chi connectivity index (χ3n) is 1.81. The van der Waals surface area contributed by atoms with Gasteiger partial charge < -0.3 is 4.74 Å². The van der Waals surface area contributed by atoms with Crippen molar-refractivity contribution in [1.82, 2.24) is 4.90 Å². The molecule has 0 aliphatic rings. The number of hydrogen-bond acceptors (Lipinski definition) is 2. The average Bonchev–Trinajstić information content (AvgIpc) is 2.04. The minimum Gasteiger partial charge on any atom is -0.377 e. The second-order valence-corrected chi connectivity index (χ2v) is 2.85. The number of ether oxygens (including phenoxy) is 1. The van der Waals surface area contributed by atoms with Crippen molar-refractivity contribution in [3.8, 4) is 0 Å². The van der Waals surface area contributed by atoms with E-state index in [0.29, 0.717) is 6.54 Å². The van der Waals surface area contributed by atoms with E-state index < -0.39 is 0 Å². The van der Waals surface area contributed by atoms with E-state index in [9.17, 15) is 4.39 Å². The summed E-state index contributed by atoms with van der Waals surface area (Å²) in [5.41, 5.74) is 0. The molecular weight excluding hydrogens is 157 g/mol. The largest absolute Gasteiger partial charge is 0.377 e. The Kier molecular flexibility index (Phi) is 7.40. The van der Waals surface area contributed by atoms with Gasteiger partial charge in [0.05, 0.1) is 6.10 Å². The van der Waals surface area contributed by atoms with Crippen LogP contribution in [0.4, 0.5) is 4.39 Å². The van der Waals surface area contributed by atoms with E-state index in [1.54, 1.807) is 0 Å². The van der Waals surface area contributed by atoms with Crippen LogP contribution in [0, 0.1) is 0 Å². The summed E-state index contributed by atoms with van der Waals surface area (Å²) in [6, 6.07) is 0.